The van der Waals surface area contributed by atoms with Crippen LogP contribution in [0.15, 0.2) is 23.5 Å². The number of aliphatic carboxylic acids is 1. The van der Waals surface area contributed by atoms with Crippen molar-refractivity contribution in [2.75, 3.05) is 19.6 Å². The molecule has 0 aromatic rings. The van der Waals surface area contributed by atoms with Crippen molar-refractivity contribution < 1.29 is 19.9 Å². The van der Waals surface area contributed by atoms with Gasteiger partial charge in [0, 0.05) is 18.8 Å². The summed E-state index contributed by atoms with van der Waals surface area (Å²) in [6.45, 7) is 4.03. The average Bonchev–Trinajstić information content (AvgIpc) is 2.83. The molecule has 0 aromatic carbocycles. The molecule has 0 spiro atoms. The van der Waals surface area contributed by atoms with Crippen LogP contribution in [0.25, 0.3) is 0 Å². The third kappa shape index (κ3) is 4.01. The van der Waals surface area contributed by atoms with Gasteiger partial charge in [-0.2, -0.15) is 0 Å². The topological polar surface area (TPSA) is 93.0 Å². The first kappa shape index (κ1) is 15.9. The number of carboxylic acids is 1. The van der Waals surface area contributed by atoms with Gasteiger partial charge in [-0.05, 0) is 43.4 Å². The Balaban J connectivity index is 2.01. The van der Waals surface area contributed by atoms with Gasteiger partial charge in [0.05, 0.1) is 12.5 Å². The SMILES string of the molecule is CC1=C(N2CC(CCCB(O)O)C(C(=O)O)C2)CNC=C1. The van der Waals surface area contributed by atoms with Crippen molar-refractivity contribution in [2.45, 2.75) is 26.1 Å². The number of nitrogens with zero attached hydrogens (tertiary/aromatic N) is 1. The number of dihydropyridines is 1. The maximum absolute atomic E-state index is 11.4. The first-order chi connectivity index (χ1) is 9.99. The minimum Gasteiger partial charge on any atom is -0.481 e. The van der Waals surface area contributed by atoms with Crippen LogP contribution in [-0.2, 0) is 4.79 Å². The molecule has 2 heterocycles. The third-order valence-corrected chi connectivity index (χ3v) is 4.35. The van der Waals surface area contributed by atoms with Crippen LogP contribution in [0, 0.1) is 11.8 Å². The van der Waals surface area contributed by atoms with Gasteiger partial charge < -0.3 is 25.4 Å². The number of hydrogen-bond donors (Lipinski definition) is 4. The molecule has 0 aliphatic carbocycles. The Kier molecular flexibility index (Phi) is 5.30. The van der Waals surface area contributed by atoms with Crippen LogP contribution >= 0.6 is 0 Å². The third-order valence-electron chi connectivity index (χ3n) is 4.35. The summed E-state index contributed by atoms with van der Waals surface area (Å²) in [6, 6.07) is 0. The molecule has 0 radical (unpaired) electrons. The number of allylic oxidation sites excluding steroid dienone is 2. The van der Waals surface area contributed by atoms with Gasteiger partial charge in [0.2, 0.25) is 0 Å². The lowest BCUT2D eigenvalue weighted by atomic mass is 9.80. The summed E-state index contributed by atoms with van der Waals surface area (Å²) in [4.78, 5) is 13.6. The van der Waals surface area contributed by atoms with Crippen LogP contribution in [0.4, 0.5) is 0 Å². The second-order valence-electron chi connectivity index (χ2n) is 5.87. The second-order valence-corrected chi connectivity index (χ2v) is 5.87. The van der Waals surface area contributed by atoms with Gasteiger partial charge in [-0.3, -0.25) is 4.79 Å². The molecule has 0 amide bonds. The van der Waals surface area contributed by atoms with E-state index in [-0.39, 0.29) is 11.8 Å². The minimum atomic E-state index is -1.30. The smallest absolute Gasteiger partial charge is 0.451 e. The quantitative estimate of drug-likeness (QED) is 0.525. The van der Waals surface area contributed by atoms with Gasteiger partial charge in [-0.15, -0.1) is 0 Å². The fraction of sp³-hybridized carbons (Fsp3) is 0.643. The summed E-state index contributed by atoms with van der Waals surface area (Å²) in [6.07, 6.45) is 5.55. The lowest BCUT2D eigenvalue weighted by molar-refractivity contribution is -0.142. The summed E-state index contributed by atoms with van der Waals surface area (Å²) < 4.78 is 0. The average molecular weight is 294 g/mol. The molecule has 0 saturated carbocycles. The number of carbonyl (C=O) groups is 1. The van der Waals surface area contributed by atoms with Crippen molar-refractivity contribution in [3.05, 3.63) is 23.5 Å². The molecule has 2 rings (SSSR count). The van der Waals surface area contributed by atoms with E-state index in [0.29, 0.717) is 25.7 Å². The highest BCUT2D eigenvalue weighted by Crippen LogP contribution is 2.32. The molecule has 21 heavy (non-hydrogen) atoms. The predicted molar refractivity (Wildman–Crippen MR) is 80.3 cm³/mol. The molecule has 1 saturated heterocycles. The zero-order valence-corrected chi connectivity index (χ0v) is 12.3. The largest absolute Gasteiger partial charge is 0.481 e. The van der Waals surface area contributed by atoms with E-state index in [9.17, 15) is 9.90 Å². The zero-order valence-electron chi connectivity index (χ0n) is 12.3. The Morgan fingerprint density at radius 1 is 1.48 bits per heavy atom. The van der Waals surface area contributed by atoms with E-state index < -0.39 is 13.1 Å². The van der Waals surface area contributed by atoms with Crippen molar-refractivity contribution in [1.29, 1.82) is 0 Å². The fourth-order valence-electron chi connectivity index (χ4n) is 3.16. The van der Waals surface area contributed by atoms with Gasteiger partial charge in [0.25, 0.3) is 0 Å². The molecule has 2 aliphatic rings. The van der Waals surface area contributed by atoms with Crippen LogP contribution in [0.3, 0.4) is 0 Å². The van der Waals surface area contributed by atoms with Crippen molar-refractivity contribution in [3.63, 3.8) is 0 Å². The van der Waals surface area contributed by atoms with Crippen LogP contribution < -0.4 is 5.32 Å². The van der Waals surface area contributed by atoms with E-state index in [1.165, 1.54) is 5.57 Å². The van der Waals surface area contributed by atoms with E-state index in [1.807, 2.05) is 19.2 Å². The Morgan fingerprint density at radius 3 is 2.86 bits per heavy atom. The van der Waals surface area contributed by atoms with Gasteiger partial charge >= 0.3 is 13.1 Å². The normalized spacial score (nSPS) is 25.2. The molecule has 1 fully saturated rings. The Labute approximate surface area is 125 Å². The van der Waals surface area contributed by atoms with E-state index >= 15 is 0 Å². The maximum atomic E-state index is 11.4. The first-order valence-electron chi connectivity index (χ1n) is 7.42. The standard InChI is InChI=1S/C14H23BN2O4/c1-10-4-6-16-7-13(10)17-8-11(3-2-5-15(20)21)12(9-17)14(18)19/h4,6,11-12,16,20-21H,2-3,5,7-9H2,1H3,(H,18,19). The van der Waals surface area contributed by atoms with Crippen molar-refractivity contribution in [2.24, 2.45) is 11.8 Å². The van der Waals surface area contributed by atoms with E-state index in [2.05, 4.69) is 10.2 Å². The monoisotopic (exact) mass is 294 g/mol. The predicted octanol–water partition coefficient (Wildman–Crippen LogP) is 0.263. The molecule has 2 aliphatic heterocycles. The number of likely N-dealkylation sites (tertiary alicyclic amines) is 1. The summed E-state index contributed by atoms with van der Waals surface area (Å²) in [5, 5.41) is 30.4. The Hall–Kier alpha value is -1.47. The number of nitrogens with one attached hydrogen (secondary N) is 1. The van der Waals surface area contributed by atoms with Crippen molar-refractivity contribution in [1.82, 2.24) is 10.2 Å². The molecule has 0 aromatic heterocycles. The van der Waals surface area contributed by atoms with E-state index in [1.54, 1.807) is 0 Å². The summed E-state index contributed by atoms with van der Waals surface area (Å²) in [7, 11) is -1.30. The highest BCUT2D eigenvalue weighted by atomic mass is 16.4. The van der Waals surface area contributed by atoms with Gasteiger partial charge in [0.15, 0.2) is 0 Å². The summed E-state index contributed by atoms with van der Waals surface area (Å²) >= 11 is 0. The molecule has 4 N–H and O–H groups in total. The number of rotatable bonds is 6. The summed E-state index contributed by atoms with van der Waals surface area (Å²) in [5.74, 6) is -1.08. The summed E-state index contributed by atoms with van der Waals surface area (Å²) in [5.41, 5.74) is 2.33. The lowest BCUT2D eigenvalue weighted by Gasteiger charge is -2.26. The molecular formula is C14H23BN2O4. The molecule has 116 valence electrons. The Bertz CT molecular complexity index is 450. The minimum absolute atomic E-state index is 0.0625. The number of hydrogen-bond acceptors (Lipinski definition) is 5. The molecular weight excluding hydrogens is 271 g/mol. The van der Waals surface area contributed by atoms with Crippen LogP contribution in [-0.4, -0.2) is 52.8 Å². The Morgan fingerprint density at radius 2 is 2.24 bits per heavy atom. The number of carboxylic acid groups (broad SMARTS) is 1. The highest BCUT2D eigenvalue weighted by molar-refractivity contribution is 6.40. The van der Waals surface area contributed by atoms with E-state index in [4.69, 9.17) is 10.0 Å². The lowest BCUT2D eigenvalue weighted by Crippen LogP contribution is -2.30. The van der Waals surface area contributed by atoms with Gasteiger partial charge in [0.1, 0.15) is 0 Å². The van der Waals surface area contributed by atoms with Crippen molar-refractivity contribution >= 4 is 13.1 Å². The van der Waals surface area contributed by atoms with Crippen molar-refractivity contribution in [3.8, 4) is 0 Å². The highest BCUT2D eigenvalue weighted by Gasteiger charge is 2.38. The molecule has 0 bridgehead atoms. The molecule has 2 unspecified atom stereocenters. The molecule has 2 atom stereocenters. The second kappa shape index (κ2) is 7.00. The van der Waals surface area contributed by atoms with Crippen LogP contribution in [0.5, 0.6) is 0 Å². The van der Waals surface area contributed by atoms with Crippen LogP contribution in [0.2, 0.25) is 6.32 Å². The van der Waals surface area contributed by atoms with Crippen LogP contribution in [0.1, 0.15) is 19.8 Å². The zero-order chi connectivity index (χ0) is 15.4. The molecule has 6 nitrogen and oxygen atoms in total. The molecule has 7 heteroatoms. The first-order valence-corrected chi connectivity index (χ1v) is 7.42. The fourth-order valence-corrected chi connectivity index (χ4v) is 3.16. The van der Waals surface area contributed by atoms with Gasteiger partial charge in [-0.25, -0.2) is 0 Å². The maximum Gasteiger partial charge on any atom is 0.451 e. The van der Waals surface area contributed by atoms with Gasteiger partial charge in [-0.1, -0.05) is 6.42 Å². The van der Waals surface area contributed by atoms with E-state index in [0.717, 1.165) is 18.8 Å².